The van der Waals surface area contributed by atoms with Crippen LogP contribution >= 0.6 is 0 Å². The third kappa shape index (κ3) is 4.00. The van der Waals surface area contributed by atoms with E-state index in [1.165, 1.54) is 37.7 Å². The highest BCUT2D eigenvalue weighted by Crippen LogP contribution is 2.34. The molecule has 1 aliphatic carbocycles. The van der Waals surface area contributed by atoms with Gasteiger partial charge in [0.2, 0.25) is 5.91 Å². The van der Waals surface area contributed by atoms with E-state index < -0.39 is 0 Å². The van der Waals surface area contributed by atoms with Gasteiger partial charge in [0.05, 0.1) is 6.54 Å². The van der Waals surface area contributed by atoms with E-state index in [9.17, 15) is 4.79 Å². The Morgan fingerprint density at radius 1 is 1.13 bits per heavy atom. The van der Waals surface area contributed by atoms with Crippen molar-refractivity contribution in [2.45, 2.75) is 70.8 Å². The SMILES string of the molecule is Cc1nc([C@H]2CCN(Cc3ncc[nH]3)C2)nc2c1CCC(=O)N2CC1CCCCC1. The van der Waals surface area contributed by atoms with Crippen LogP contribution in [-0.2, 0) is 17.8 Å². The summed E-state index contributed by atoms with van der Waals surface area (Å²) in [5.74, 6) is 3.99. The van der Waals surface area contributed by atoms with Gasteiger partial charge in [-0.15, -0.1) is 0 Å². The minimum atomic E-state index is 0.239. The van der Waals surface area contributed by atoms with Gasteiger partial charge in [-0.2, -0.15) is 0 Å². The molecule has 2 fully saturated rings. The van der Waals surface area contributed by atoms with E-state index in [0.29, 0.717) is 18.3 Å². The number of carbonyl (C=O) groups is 1. The normalized spacial score (nSPS) is 23.2. The van der Waals surface area contributed by atoms with E-state index in [-0.39, 0.29) is 5.91 Å². The van der Waals surface area contributed by atoms with Crippen LogP contribution in [0.4, 0.5) is 5.82 Å². The fourth-order valence-corrected chi connectivity index (χ4v) is 5.39. The molecule has 7 heteroatoms. The predicted molar refractivity (Wildman–Crippen MR) is 115 cm³/mol. The van der Waals surface area contributed by atoms with Crippen molar-refractivity contribution in [3.8, 4) is 0 Å². The van der Waals surface area contributed by atoms with Gasteiger partial charge >= 0.3 is 0 Å². The molecule has 160 valence electrons. The lowest BCUT2D eigenvalue weighted by Gasteiger charge is -2.33. The number of aromatic amines is 1. The third-order valence-electron chi connectivity index (χ3n) is 7.09. The van der Waals surface area contributed by atoms with E-state index >= 15 is 0 Å². The van der Waals surface area contributed by atoms with Crippen molar-refractivity contribution in [2.24, 2.45) is 5.92 Å². The number of anilines is 1. The number of fused-ring (bicyclic) bond motifs is 1. The molecule has 5 rings (SSSR count). The average Bonchev–Trinajstić information content (AvgIpc) is 3.43. The Kier molecular flexibility index (Phi) is 5.54. The molecule has 4 heterocycles. The zero-order chi connectivity index (χ0) is 20.5. The van der Waals surface area contributed by atoms with E-state index in [2.05, 4.69) is 21.8 Å². The second kappa shape index (κ2) is 8.46. The number of imidazole rings is 1. The van der Waals surface area contributed by atoms with Crippen molar-refractivity contribution < 1.29 is 4.79 Å². The van der Waals surface area contributed by atoms with Crippen LogP contribution in [0, 0.1) is 12.8 Å². The molecule has 2 aliphatic heterocycles. The van der Waals surface area contributed by atoms with Crippen molar-refractivity contribution in [3.63, 3.8) is 0 Å². The number of hydrogen-bond donors (Lipinski definition) is 1. The Bertz CT molecular complexity index is 889. The molecule has 2 aromatic heterocycles. The Labute approximate surface area is 178 Å². The average molecular weight is 409 g/mol. The lowest BCUT2D eigenvalue weighted by Crippen LogP contribution is -2.40. The maximum Gasteiger partial charge on any atom is 0.228 e. The van der Waals surface area contributed by atoms with Gasteiger partial charge < -0.3 is 4.98 Å². The van der Waals surface area contributed by atoms with Crippen molar-refractivity contribution in [2.75, 3.05) is 24.5 Å². The number of rotatable bonds is 5. The third-order valence-corrected chi connectivity index (χ3v) is 7.09. The zero-order valence-corrected chi connectivity index (χ0v) is 17.9. The van der Waals surface area contributed by atoms with Gasteiger partial charge in [0.25, 0.3) is 0 Å². The monoisotopic (exact) mass is 408 g/mol. The lowest BCUT2D eigenvalue weighted by atomic mass is 9.88. The largest absolute Gasteiger partial charge is 0.348 e. The number of nitrogens with zero attached hydrogens (tertiary/aromatic N) is 5. The molecular formula is C23H32N6O. The number of hydrogen-bond acceptors (Lipinski definition) is 5. The van der Waals surface area contributed by atoms with Gasteiger partial charge in [0.15, 0.2) is 0 Å². The maximum absolute atomic E-state index is 12.9. The van der Waals surface area contributed by atoms with Crippen molar-refractivity contribution in [3.05, 3.63) is 35.3 Å². The van der Waals surface area contributed by atoms with Crippen LogP contribution < -0.4 is 4.90 Å². The molecule has 0 aromatic carbocycles. The number of nitrogens with one attached hydrogen (secondary N) is 1. The smallest absolute Gasteiger partial charge is 0.228 e. The van der Waals surface area contributed by atoms with Gasteiger partial charge in [0, 0.05) is 49.1 Å². The van der Waals surface area contributed by atoms with Crippen molar-refractivity contribution in [1.29, 1.82) is 0 Å². The molecule has 1 atom stereocenters. The molecular weight excluding hydrogens is 376 g/mol. The Morgan fingerprint density at radius 3 is 2.80 bits per heavy atom. The predicted octanol–water partition coefficient (Wildman–Crippen LogP) is 3.36. The fourth-order valence-electron chi connectivity index (χ4n) is 5.39. The van der Waals surface area contributed by atoms with Crippen molar-refractivity contribution >= 4 is 11.7 Å². The zero-order valence-electron chi connectivity index (χ0n) is 17.9. The van der Waals surface area contributed by atoms with Crippen LogP contribution in [0.15, 0.2) is 12.4 Å². The molecule has 1 N–H and O–H groups in total. The summed E-state index contributed by atoms with van der Waals surface area (Å²) in [6.07, 6.45) is 12.5. The van der Waals surface area contributed by atoms with Crippen LogP contribution in [0.1, 0.15) is 73.8 Å². The summed E-state index contributed by atoms with van der Waals surface area (Å²) in [6, 6.07) is 0. The molecule has 2 aromatic rings. The van der Waals surface area contributed by atoms with E-state index in [1.54, 1.807) is 6.20 Å². The first-order valence-corrected chi connectivity index (χ1v) is 11.6. The Morgan fingerprint density at radius 2 is 2.00 bits per heavy atom. The van der Waals surface area contributed by atoms with Crippen LogP contribution in [-0.4, -0.2) is 50.4 Å². The summed E-state index contributed by atoms with van der Waals surface area (Å²) in [4.78, 5) is 34.7. The summed E-state index contributed by atoms with van der Waals surface area (Å²) >= 11 is 0. The minimum absolute atomic E-state index is 0.239. The molecule has 0 bridgehead atoms. The van der Waals surface area contributed by atoms with Crippen molar-refractivity contribution in [1.82, 2.24) is 24.8 Å². The van der Waals surface area contributed by atoms with Gasteiger partial charge in [-0.25, -0.2) is 15.0 Å². The highest BCUT2D eigenvalue weighted by Gasteiger charge is 2.33. The standard InChI is InChI=1S/C23H32N6O/c1-16-19-7-8-21(30)29(13-17-5-3-2-4-6-17)23(19)27-22(26-16)18-9-12-28(14-18)15-20-24-10-11-25-20/h10-11,17-18H,2-9,12-15H2,1H3,(H,24,25)/t18-/m0/s1. The van der Waals surface area contributed by atoms with Crippen LogP contribution in [0.5, 0.6) is 0 Å². The summed E-state index contributed by atoms with van der Waals surface area (Å²) in [5, 5.41) is 0. The van der Waals surface area contributed by atoms with E-state index in [4.69, 9.17) is 9.97 Å². The molecule has 1 saturated heterocycles. The van der Waals surface area contributed by atoms with Crippen LogP contribution in [0.25, 0.3) is 0 Å². The maximum atomic E-state index is 12.9. The number of carbonyl (C=O) groups excluding carboxylic acids is 1. The Balaban J connectivity index is 1.36. The molecule has 0 spiro atoms. The minimum Gasteiger partial charge on any atom is -0.348 e. The second-order valence-corrected chi connectivity index (χ2v) is 9.23. The number of amides is 1. The van der Waals surface area contributed by atoms with E-state index in [1.807, 2.05) is 11.1 Å². The molecule has 3 aliphatic rings. The lowest BCUT2D eigenvalue weighted by molar-refractivity contribution is -0.119. The summed E-state index contributed by atoms with van der Waals surface area (Å²) < 4.78 is 0. The van der Waals surface area contributed by atoms with Gasteiger partial charge in [-0.3, -0.25) is 14.6 Å². The molecule has 0 radical (unpaired) electrons. The molecule has 30 heavy (non-hydrogen) atoms. The fraction of sp³-hybridized carbons (Fsp3) is 0.652. The molecule has 1 saturated carbocycles. The summed E-state index contributed by atoms with van der Waals surface area (Å²) in [5.41, 5.74) is 2.24. The summed E-state index contributed by atoms with van der Waals surface area (Å²) in [7, 11) is 0. The highest BCUT2D eigenvalue weighted by molar-refractivity contribution is 5.95. The van der Waals surface area contributed by atoms with E-state index in [0.717, 1.165) is 62.2 Å². The van der Waals surface area contributed by atoms with Crippen LogP contribution in [0.2, 0.25) is 0 Å². The number of aromatic nitrogens is 4. The number of H-pyrrole nitrogens is 1. The molecule has 7 nitrogen and oxygen atoms in total. The molecule has 0 unspecified atom stereocenters. The van der Waals surface area contributed by atoms with Gasteiger partial charge in [-0.1, -0.05) is 19.3 Å². The first-order chi connectivity index (χ1) is 14.7. The second-order valence-electron chi connectivity index (χ2n) is 9.23. The Hall–Kier alpha value is -2.28. The number of aryl methyl sites for hydroxylation is 1. The van der Waals surface area contributed by atoms with Gasteiger partial charge in [-0.05, 0) is 45.1 Å². The van der Waals surface area contributed by atoms with Gasteiger partial charge in [0.1, 0.15) is 17.5 Å². The quantitative estimate of drug-likeness (QED) is 0.821. The summed E-state index contributed by atoms with van der Waals surface area (Å²) in [6.45, 7) is 5.72. The molecule has 1 amide bonds. The highest BCUT2D eigenvalue weighted by atomic mass is 16.2. The first-order valence-electron chi connectivity index (χ1n) is 11.6. The topological polar surface area (TPSA) is 78.0 Å². The van der Waals surface area contributed by atoms with Crippen LogP contribution in [0.3, 0.4) is 0 Å². The first kappa shape index (κ1) is 19.7. The number of likely N-dealkylation sites (tertiary alicyclic amines) is 1.